The van der Waals surface area contributed by atoms with Gasteiger partial charge in [-0.1, -0.05) is 12.2 Å². The molecule has 0 amide bonds. The lowest BCUT2D eigenvalue weighted by molar-refractivity contribution is -0.141. The highest BCUT2D eigenvalue weighted by Gasteiger charge is 2.08. The van der Waals surface area contributed by atoms with Crippen molar-refractivity contribution in [3.05, 3.63) is 24.0 Å². The summed E-state index contributed by atoms with van der Waals surface area (Å²) in [4.78, 5) is 17.4. The van der Waals surface area contributed by atoms with Gasteiger partial charge in [0.1, 0.15) is 11.5 Å². The molecule has 0 saturated carbocycles. The van der Waals surface area contributed by atoms with Crippen LogP contribution in [-0.2, 0) is 9.53 Å². The molecule has 0 radical (unpaired) electrons. The number of esters is 1. The molecule has 0 bridgehead atoms. The van der Waals surface area contributed by atoms with E-state index in [2.05, 4.69) is 4.98 Å². The predicted molar refractivity (Wildman–Crippen MR) is 70.0 cm³/mol. The lowest BCUT2D eigenvalue weighted by Gasteiger charge is -2.17. The second kappa shape index (κ2) is 6.15. The van der Waals surface area contributed by atoms with Crippen molar-refractivity contribution in [3.8, 4) is 0 Å². The lowest BCUT2D eigenvalue weighted by atomic mass is 10.3. The van der Waals surface area contributed by atoms with Crippen LogP contribution in [0.3, 0.4) is 0 Å². The summed E-state index contributed by atoms with van der Waals surface area (Å²) in [6, 6.07) is 3.53. The number of aromatic nitrogens is 1. The van der Waals surface area contributed by atoms with Crippen molar-refractivity contribution in [2.75, 3.05) is 25.1 Å². The number of carbonyl (C=O) groups excluding carboxylic acids is 1. The van der Waals surface area contributed by atoms with Crippen LogP contribution in [0.25, 0.3) is 0 Å². The minimum atomic E-state index is -0.270. The number of nitrogens with two attached hydrogens (primary N) is 1. The fourth-order valence-electron chi connectivity index (χ4n) is 1.25. The molecule has 0 spiro atoms. The second-order valence-corrected chi connectivity index (χ2v) is 3.87. The van der Waals surface area contributed by atoms with Crippen molar-refractivity contribution < 1.29 is 9.53 Å². The molecule has 1 heterocycles. The molecular formula is C11H15N3O2S. The smallest absolute Gasteiger partial charge is 0.325 e. The molecule has 2 N–H and O–H groups in total. The number of hydrogen-bond acceptors (Lipinski definition) is 5. The zero-order valence-electron chi connectivity index (χ0n) is 9.84. The fourth-order valence-corrected chi connectivity index (χ4v) is 1.37. The van der Waals surface area contributed by atoms with Gasteiger partial charge in [-0.15, -0.1) is 0 Å². The standard InChI is InChI=1S/C11H15N3O2S/c1-3-16-10(15)7-14(2)8-4-5-9(11(12)17)13-6-8/h4-6H,3,7H2,1-2H3,(H2,12,17). The Hall–Kier alpha value is -1.69. The molecule has 0 unspecified atom stereocenters. The Kier molecular flexibility index (Phi) is 4.84. The van der Waals surface area contributed by atoms with Crippen molar-refractivity contribution in [1.82, 2.24) is 4.98 Å². The van der Waals surface area contributed by atoms with Gasteiger partial charge in [0.05, 0.1) is 24.2 Å². The van der Waals surface area contributed by atoms with E-state index < -0.39 is 0 Å². The third-order valence-corrected chi connectivity index (χ3v) is 2.32. The van der Waals surface area contributed by atoms with Crippen molar-refractivity contribution >= 4 is 28.9 Å². The molecule has 6 heteroatoms. The molecule has 1 rings (SSSR count). The molecule has 0 aromatic carbocycles. The number of anilines is 1. The van der Waals surface area contributed by atoms with E-state index in [0.717, 1.165) is 5.69 Å². The molecule has 0 aliphatic heterocycles. The SMILES string of the molecule is CCOC(=O)CN(C)c1ccc(C(N)=S)nc1. The van der Waals surface area contributed by atoms with E-state index in [1.807, 2.05) is 0 Å². The quantitative estimate of drug-likeness (QED) is 0.616. The molecule has 1 aromatic heterocycles. The van der Waals surface area contributed by atoms with Crippen LogP contribution in [0.5, 0.6) is 0 Å². The largest absolute Gasteiger partial charge is 0.465 e. The molecule has 0 aliphatic carbocycles. The number of likely N-dealkylation sites (N-methyl/N-ethyl adjacent to an activating group) is 1. The second-order valence-electron chi connectivity index (χ2n) is 3.43. The number of nitrogens with zero attached hydrogens (tertiary/aromatic N) is 2. The van der Waals surface area contributed by atoms with E-state index in [0.29, 0.717) is 12.3 Å². The molecule has 0 aliphatic rings. The molecule has 0 atom stereocenters. The Morgan fingerprint density at radius 1 is 1.59 bits per heavy atom. The maximum absolute atomic E-state index is 11.3. The normalized spacial score (nSPS) is 9.76. The van der Waals surface area contributed by atoms with Gasteiger partial charge in [-0.25, -0.2) is 0 Å². The monoisotopic (exact) mass is 253 g/mol. The van der Waals surface area contributed by atoms with Gasteiger partial charge in [0, 0.05) is 7.05 Å². The highest BCUT2D eigenvalue weighted by molar-refractivity contribution is 7.80. The first-order chi connectivity index (χ1) is 8.04. The molecule has 17 heavy (non-hydrogen) atoms. The lowest BCUT2D eigenvalue weighted by Crippen LogP contribution is -2.27. The number of rotatable bonds is 5. The van der Waals surface area contributed by atoms with E-state index in [1.165, 1.54) is 0 Å². The summed E-state index contributed by atoms with van der Waals surface area (Å²) >= 11 is 4.80. The summed E-state index contributed by atoms with van der Waals surface area (Å²) in [5.41, 5.74) is 6.81. The van der Waals surface area contributed by atoms with Crippen molar-refractivity contribution in [2.45, 2.75) is 6.92 Å². The average Bonchev–Trinajstić information content (AvgIpc) is 2.29. The van der Waals surface area contributed by atoms with Gasteiger partial charge in [0.25, 0.3) is 0 Å². The molecular weight excluding hydrogens is 238 g/mol. The first kappa shape index (κ1) is 13.4. The first-order valence-corrected chi connectivity index (χ1v) is 5.58. The Balaban J connectivity index is 2.66. The highest BCUT2D eigenvalue weighted by atomic mass is 32.1. The third-order valence-electron chi connectivity index (χ3n) is 2.11. The number of ether oxygens (including phenoxy) is 1. The van der Waals surface area contributed by atoms with Crippen LogP contribution in [0, 0.1) is 0 Å². The summed E-state index contributed by atoms with van der Waals surface area (Å²) < 4.78 is 4.85. The average molecular weight is 253 g/mol. The summed E-state index contributed by atoms with van der Waals surface area (Å²) in [5, 5.41) is 0. The molecule has 5 nitrogen and oxygen atoms in total. The number of hydrogen-bond donors (Lipinski definition) is 1. The number of carbonyl (C=O) groups is 1. The van der Waals surface area contributed by atoms with Gasteiger partial charge in [0.2, 0.25) is 0 Å². The van der Waals surface area contributed by atoms with Crippen LogP contribution in [0.1, 0.15) is 12.6 Å². The molecule has 0 fully saturated rings. The van der Waals surface area contributed by atoms with E-state index in [9.17, 15) is 4.79 Å². The molecule has 92 valence electrons. The van der Waals surface area contributed by atoms with Gasteiger partial charge in [0.15, 0.2) is 0 Å². The van der Waals surface area contributed by atoms with Gasteiger partial charge in [-0.05, 0) is 19.1 Å². The minimum Gasteiger partial charge on any atom is -0.465 e. The van der Waals surface area contributed by atoms with Crippen LogP contribution < -0.4 is 10.6 Å². The van der Waals surface area contributed by atoms with Gasteiger partial charge >= 0.3 is 5.97 Å². The van der Waals surface area contributed by atoms with Crippen LogP contribution in [0.2, 0.25) is 0 Å². The van der Waals surface area contributed by atoms with Crippen molar-refractivity contribution in [3.63, 3.8) is 0 Å². The zero-order valence-corrected chi connectivity index (χ0v) is 10.7. The van der Waals surface area contributed by atoms with E-state index in [-0.39, 0.29) is 17.5 Å². The van der Waals surface area contributed by atoms with E-state index in [4.69, 9.17) is 22.7 Å². The topological polar surface area (TPSA) is 68.5 Å². The van der Waals surface area contributed by atoms with Crippen LogP contribution in [-0.4, -0.2) is 36.1 Å². The van der Waals surface area contributed by atoms with Crippen LogP contribution >= 0.6 is 12.2 Å². The summed E-state index contributed by atoms with van der Waals surface area (Å²) in [6.45, 7) is 2.34. The fraction of sp³-hybridized carbons (Fsp3) is 0.364. The molecule has 1 aromatic rings. The Morgan fingerprint density at radius 3 is 2.76 bits per heavy atom. The molecule has 0 saturated heterocycles. The predicted octanol–water partition coefficient (Wildman–Crippen LogP) is 0.715. The summed E-state index contributed by atoms with van der Waals surface area (Å²) in [5.74, 6) is -0.270. The number of pyridine rings is 1. The Labute approximate surface area is 106 Å². The number of thiocarbonyl (C=S) groups is 1. The first-order valence-electron chi connectivity index (χ1n) is 5.17. The van der Waals surface area contributed by atoms with E-state index in [1.54, 1.807) is 37.2 Å². The van der Waals surface area contributed by atoms with Crippen molar-refractivity contribution in [2.24, 2.45) is 5.73 Å². The van der Waals surface area contributed by atoms with Gasteiger partial charge < -0.3 is 15.4 Å². The van der Waals surface area contributed by atoms with Crippen LogP contribution in [0.4, 0.5) is 5.69 Å². The third kappa shape index (κ3) is 3.99. The zero-order chi connectivity index (χ0) is 12.8. The van der Waals surface area contributed by atoms with Crippen LogP contribution in [0.15, 0.2) is 18.3 Å². The maximum atomic E-state index is 11.3. The Bertz CT molecular complexity index is 406. The summed E-state index contributed by atoms with van der Waals surface area (Å²) in [7, 11) is 1.79. The van der Waals surface area contributed by atoms with Crippen molar-refractivity contribution in [1.29, 1.82) is 0 Å². The minimum absolute atomic E-state index is 0.182. The van der Waals surface area contributed by atoms with Gasteiger partial charge in [-0.2, -0.15) is 0 Å². The van der Waals surface area contributed by atoms with Gasteiger partial charge in [-0.3, -0.25) is 9.78 Å². The maximum Gasteiger partial charge on any atom is 0.325 e. The highest BCUT2D eigenvalue weighted by Crippen LogP contribution is 2.11. The Morgan fingerprint density at radius 2 is 2.29 bits per heavy atom. The van der Waals surface area contributed by atoms with E-state index >= 15 is 0 Å². The summed E-state index contributed by atoms with van der Waals surface area (Å²) in [6.07, 6.45) is 1.62.